The zero-order valence-corrected chi connectivity index (χ0v) is 15.8. The van der Waals surface area contributed by atoms with Gasteiger partial charge in [-0.1, -0.05) is 11.6 Å². The number of methoxy groups -OCH3 is 1. The topological polar surface area (TPSA) is 59.4 Å². The van der Waals surface area contributed by atoms with Gasteiger partial charge in [0.2, 0.25) is 0 Å². The van der Waals surface area contributed by atoms with Crippen molar-refractivity contribution in [2.45, 2.75) is 12.5 Å². The number of ether oxygens (including phenoxy) is 1. The average molecular weight is 414 g/mol. The molecule has 0 radical (unpaired) electrons. The van der Waals surface area contributed by atoms with Gasteiger partial charge >= 0.3 is 0 Å². The summed E-state index contributed by atoms with van der Waals surface area (Å²) in [6.07, 6.45) is 2.60. The molecule has 6 nitrogen and oxygen atoms in total. The van der Waals surface area contributed by atoms with Crippen LogP contribution in [0.4, 0.5) is 11.4 Å². The number of halogens is 2. The van der Waals surface area contributed by atoms with Crippen molar-refractivity contribution in [3.63, 3.8) is 0 Å². The molecule has 3 rings (SSSR count). The van der Waals surface area contributed by atoms with Crippen molar-refractivity contribution < 1.29 is 4.74 Å². The molecule has 1 N–H and O–H groups in total. The minimum absolute atomic E-state index is 0.161. The first-order chi connectivity index (χ1) is 11.5. The molecule has 24 heavy (non-hydrogen) atoms. The number of hydrogen-bond donors (Lipinski definition) is 1. The van der Waals surface area contributed by atoms with Gasteiger partial charge < -0.3 is 15.0 Å². The van der Waals surface area contributed by atoms with Crippen molar-refractivity contribution >= 4 is 38.9 Å². The zero-order valence-electron chi connectivity index (χ0n) is 13.4. The summed E-state index contributed by atoms with van der Waals surface area (Å²) in [5, 5.41) is 8.13. The third kappa shape index (κ3) is 3.37. The Balaban J connectivity index is 1.76. The first kappa shape index (κ1) is 17.1. The third-order valence-electron chi connectivity index (χ3n) is 4.11. The predicted octanol–water partition coefficient (Wildman–Crippen LogP) is 2.90. The lowest BCUT2D eigenvalue weighted by molar-refractivity contribution is 0.415. The first-order valence-electron chi connectivity index (χ1n) is 7.56. The van der Waals surface area contributed by atoms with E-state index in [-0.39, 0.29) is 11.6 Å². The fraction of sp³-hybridized carbons (Fsp3) is 0.375. The Hall–Kier alpha value is -1.73. The second-order valence-corrected chi connectivity index (χ2v) is 6.92. The Morgan fingerprint density at radius 1 is 1.46 bits per heavy atom. The van der Waals surface area contributed by atoms with Crippen LogP contribution in [0.25, 0.3) is 0 Å². The normalized spacial score (nSPS) is 17.2. The summed E-state index contributed by atoms with van der Waals surface area (Å²) in [5.41, 5.74) is 1.53. The van der Waals surface area contributed by atoms with Crippen molar-refractivity contribution in [3.8, 4) is 5.75 Å². The van der Waals surface area contributed by atoms with E-state index in [1.54, 1.807) is 20.4 Å². The van der Waals surface area contributed by atoms with E-state index in [2.05, 4.69) is 31.2 Å². The van der Waals surface area contributed by atoms with E-state index in [4.69, 9.17) is 16.3 Å². The summed E-state index contributed by atoms with van der Waals surface area (Å²) in [4.78, 5) is 14.2. The van der Waals surface area contributed by atoms with Gasteiger partial charge in [-0.05, 0) is 40.5 Å². The molecule has 8 heteroatoms. The molecule has 128 valence electrons. The number of aromatic nitrogens is 2. The number of nitrogens with one attached hydrogen (secondary N) is 1. The van der Waals surface area contributed by atoms with Gasteiger partial charge in [-0.2, -0.15) is 5.10 Å². The third-order valence-corrected chi connectivity index (χ3v) is 5.11. The number of benzene rings is 1. The van der Waals surface area contributed by atoms with Gasteiger partial charge in [0.25, 0.3) is 5.56 Å². The van der Waals surface area contributed by atoms with E-state index < -0.39 is 0 Å². The van der Waals surface area contributed by atoms with Crippen LogP contribution < -0.4 is 20.5 Å². The Bertz CT molecular complexity index is 811. The van der Waals surface area contributed by atoms with Crippen molar-refractivity contribution in [2.75, 3.05) is 30.4 Å². The molecule has 1 aromatic heterocycles. The van der Waals surface area contributed by atoms with E-state index in [0.29, 0.717) is 15.2 Å². The Labute approximate surface area is 153 Å². The lowest BCUT2D eigenvalue weighted by Crippen LogP contribution is -2.28. The Kier molecular flexibility index (Phi) is 5.01. The van der Waals surface area contributed by atoms with Crippen LogP contribution >= 0.6 is 27.5 Å². The van der Waals surface area contributed by atoms with Crippen molar-refractivity contribution in [3.05, 3.63) is 44.2 Å². The second-order valence-electron chi connectivity index (χ2n) is 5.69. The molecule has 0 bridgehead atoms. The predicted molar refractivity (Wildman–Crippen MR) is 99.4 cm³/mol. The van der Waals surface area contributed by atoms with Crippen LogP contribution in [0.5, 0.6) is 5.75 Å². The highest BCUT2D eigenvalue weighted by atomic mass is 79.9. The van der Waals surface area contributed by atoms with Gasteiger partial charge in [-0.25, -0.2) is 4.68 Å². The highest BCUT2D eigenvalue weighted by molar-refractivity contribution is 9.10. The average Bonchev–Trinajstić information content (AvgIpc) is 3.04. The van der Waals surface area contributed by atoms with E-state index in [0.717, 1.165) is 30.9 Å². The summed E-state index contributed by atoms with van der Waals surface area (Å²) in [6, 6.07) is 5.82. The monoisotopic (exact) mass is 412 g/mol. The molecular formula is C16H18BrClN4O2. The van der Waals surface area contributed by atoms with Crippen LogP contribution in [-0.2, 0) is 7.05 Å². The van der Waals surface area contributed by atoms with Gasteiger partial charge in [-0.3, -0.25) is 4.79 Å². The molecule has 0 saturated carbocycles. The lowest BCUT2D eigenvalue weighted by atomic mass is 10.2. The van der Waals surface area contributed by atoms with Gasteiger partial charge in [0.05, 0.1) is 24.7 Å². The van der Waals surface area contributed by atoms with Crippen molar-refractivity contribution in [1.82, 2.24) is 9.78 Å². The molecule has 1 aliphatic rings. The van der Waals surface area contributed by atoms with Crippen LogP contribution in [0, 0.1) is 0 Å². The van der Waals surface area contributed by atoms with Gasteiger partial charge in [-0.15, -0.1) is 0 Å². The Morgan fingerprint density at radius 2 is 2.25 bits per heavy atom. The molecular weight excluding hydrogens is 396 g/mol. The van der Waals surface area contributed by atoms with Crippen molar-refractivity contribution in [1.29, 1.82) is 0 Å². The smallest absolute Gasteiger partial charge is 0.282 e. The standard InChI is InChI=1S/C16H18BrClN4O2/c1-21-16(23)15(17)12(8-19-21)20-11-5-6-22(9-11)13-7-10(18)3-4-14(13)24-2/h3-4,7-8,11,20H,5-6,9H2,1-2H3. The van der Waals surface area contributed by atoms with Crippen LogP contribution in [0.15, 0.2) is 33.7 Å². The lowest BCUT2D eigenvalue weighted by Gasteiger charge is -2.22. The number of anilines is 2. The van der Waals surface area contributed by atoms with Gasteiger partial charge in [0.1, 0.15) is 10.2 Å². The largest absolute Gasteiger partial charge is 0.495 e. The quantitative estimate of drug-likeness (QED) is 0.835. The molecule has 0 amide bonds. The maximum absolute atomic E-state index is 11.9. The van der Waals surface area contributed by atoms with E-state index in [1.807, 2.05) is 18.2 Å². The van der Waals surface area contributed by atoms with Crippen LogP contribution in [0.1, 0.15) is 6.42 Å². The molecule has 1 aliphatic heterocycles. The molecule has 1 unspecified atom stereocenters. The molecule has 2 aromatic rings. The van der Waals surface area contributed by atoms with E-state index >= 15 is 0 Å². The molecule has 1 atom stereocenters. The van der Waals surface area contributed by atoms with Gasteiger partial charge in [0.15, 0.2) is 0 Å². The molecule has 0 spiro atoms. The second kappa shape index (κ2) is 7.03. The van der Waals surface area contributed by atoms with Crippen LogP contribution in [0.3, 0.4) is 0 Å². The number of nitrogens with zero attached hydrogens (tertiary/aromatic N) is 3. The number of hydrogen-bond acceptors (Lipinski definition) is 5. The first-order valence-corrected chi connectivity index (χ1v) is 8.73. The zero-order chi connectivity index (χ0) is 17.3. The molecule has 0 aliphatic carbocycles. The fourth-order valence-corrected chi connectivity index (χ4v) is 3.48. The van der Waals surface area contributed by atoms with Crippen LogP contribution in [0.2, 0.25) is 5.02 Å². The fourth-order valence-electron chi connectivity index (χ4n) is 2.84. The summed E-state index contributed by atoms with van der Waals surface area (Å²) in [6.45, 7) is 1.67. The summed E-state index contributed by atoms with van der Waals surface area (Å²) >= 11 is 9.47. The molecule has 2 heterocycles. The maximum atomic E-state index is 11.9. The highest BCUT2D eigenvalue weighted by Gasteiger charge is 2.25. The summed E-state index contributed by atoms with van der Waals surface area (Å²) in [5.74, 6) is 0.802. The van der Waals surface area contributed by atoms with Crippen molar-refractivity contribution in [2.24, 2.45) is 7.05 Å². The van der Waals surface area contributed by atoms with Crippen LogP contribution in [-0.4, -0.2) is 36.0 Å². The number of rotatable bonds is 4. The maximum Gasteiger partial charge on any atom is 0.282 e. The molecule has 1 aromatic carbocycles. The molecule has 1 saturated heterocycles. The highest BCUT2D eigenvalue weighted by Crippen LogP contribution is 2.34. The number of aryl methyl sites for hydroxylation is 1. The van der Waals surface area contributed by atoms with Gasteiger partial charge in [0, 0.05) is 31.2 Å². The SMILES string of the molecule is COc1ccc(Cl)cc1N1CCC(Nc2cnn(C)c(=O)c2Br)C1. The van der Waals surface area contributed by atoms with E-state index in [1.165, 1.54) is 4.68 Å². The summed E-state index contributed by atoms with van der Waals surface area (Å²) in [7, 11) is 3.28. The summed E-state index contributed by atoms with van der Waals surface area (Å²) < 4.78 is 7.23. The minimum Gasteiger partial charge on any atom is -0.495 e. The Morgan fingerprint density at radius 3 is 3.00 bits per heavy atom. The molecule has 1 fully saturated rings. The minimum atomic E-state index is -0.161. The van der Waals surface area contributed by atoms with E-state index in [9.17, 15) is 4.79 Å².